The van der Waals surface area contributed by atoms with E-state index in [9.17, 15) is 0 Å². The Balaban J connectivity index is 1.06. The summed E-state index contributed by atoms with van der Waals surface area (Å²) in [6.07, 6.45) is 0. The van der Waals surface area contributed by atoms with Gasteiger partial charge in [0.25, 0.3) is 0 Å². The molecule has 65 heavy (non-hydrogen) atoms. The van der Waals surface area contributed by atoms with Crippen LogP contribution in [0.5, 0.6) is 0 Å². The summed E-state index contributed by atoms with van der Waals surface area (Å²) in [7, 11) is 0. The normalized spacial score (nSPS) is 11.7. The molecule has 0 N–H and O–H groups in total. The summed E-state index contributed by atoms with van der Waals surface area (Å²) in [4.78, 5) is 19.8. The molecular formula is C60H35N5. The number of aromatic nitrogens is 4. The summed E-state index contributed by atoms with van der Waals surface area (Å²) in [5, 5.41) is 13.4. The maximum Gasteiger partial charge on any atom is 0.188 e. The molecule has 300 valence electrons. The van der Waals surface area contributed by atoms with Gasteiger partial charge in [-0.25, -0.2) is 19.8 Å². The van der Waals surface area contributed by atoms with Gasteiger partial charge in [0.1, 0.15) is 0 Å². The summed E-state index contributed by atoms with van der Waals surface area (Å²) < 4.78 is 2.33. The summed E-state index contributed by atoms with van der Waals surface area (Å²) in [5.74, 6) is 1.85. The zero-order valence-electron chi connectivity index (χ0n) is 34.9. The SMILES string of the molecule is [C-]#[N+]c1ccc2c(c1)c1cc(-c3c4ccccc4c(-c4nc(-c5ccc6ccccc6c5)nc(-c5ccc6ccccc6c5)n4)c4ccccc34)ccc1n2-c1ccc2ccccc2c1. The fourth-order valence-electron chi connectivity index (χ4n) is 9.91. The van der Waals surface area contributed by atoms with Crippen LogP contribution < -0.4 is 0 Å². The fourth-order valence-corrected chi connectivity index (χ4v) is 9.91. The van der Waals surface area contributed by atoms with Gasteiger partial charge in [0.15, 0.2) is 23.2 Å². The first-order valence-electron chi connectivity index (χ1n) is 21.8. The van der Waals surface area contributed by atoms with Crippen molar-refractivity contribution in [1.29, 1.82) is 0 Å². The number of benzene rings is 11. The van der Waals surface area contributed by atoms with Gasteiger partial charge in [-0.3, -0.25) is 0 Å². The van der Waals surface area contributed by atoms with E-state index in [2.05, 4.69) is 210 Å². The Morgan fingerprint density at radius 3 is 1.31 bits per heavy atom. The maximum absolute atomic E-state index is 7.93. The van der Waals surface area contributed by atoms with Crippen LogP contribution in [-0.4, -0.2) is 19.5 Å². The molecule has 0 atom stereocenters. The Kier molecular flexibility index (Phi) is 8.21. The highest BCUT2D eigenvalue weighted by molar-refractivity contribution is 6.22. The van der Waals surface area contributed by atoms with Gasteiger partial charge in [0.05, 0.1) is 17.6 Å². The van der Waals surface area contributed by atoms with Crippen LogP contribution in [0.25, 0.3) is 131 Å². The smallest absolute Gasteiger partial charge is 0.188 e. The third-order valence-electron chi connectivity index (χ3n) is 13.0. The third-order valence-corrected chi connectivity index (χ3v) is 13.0. The van der Waals surface area contributed by atoms with Crippen LogP contribution >= 0.6 is 0 Å². The van der Waals surface area contributed by atoms with Gasteiger partial charge in [0.2, 0.25) is 0 Å². The molecule has 0 spiro atoms. The minimum absolute atomic E-state index is 0.615. The first kappa shape index (κ1) is 36.7. The Morgan fingerprint density at radius 1 is 0.323 bits per heavy atom. The van der Waals surface area contributed by atoms with E-state index in [0.29, 0.717) is 23.2 Å². The lowest BCUT2D eigenvalue weighted by Gasteiger charge is -2.18. The summed E-state index contributed by atoms with van der Waals surface area (Å²) in [5.41, 5.74) is 8.87. The van der Waals surface area contributed by atoms with Gasteiger partial charge < -0.3 is 4.57 Å². The van der Waals surface area contributed by atoms with Crippen molar-refractivity contribution < 1.29 is 0 Å². The van der Waals surface area contributed by atoms with Crippen LogP contribution in [0.4, 0.5) is 5.69 Å². The standard InChI is InChI=1S/C60H35N5/c1-61-46-28-31-55-53(36-46)52-35-43(27-30-54(52)65(55)47-29-26-39-14-4-7-17-42(39)34-47)56-48-18-8-10-20-50(48)57(51-21-11-9-19-49(51)56)60-63-58(44-24-22-37-12-2-5-15-40(37)32-44)62-59(64-60)45-25-23-38-13-3-6-16-41(38)33-45/h2-36H. The number of hydrogen-bond acceptors (Lipinski definition) is 3. The Morgan fingerprint density at radius 2 is 0.754 bits per heavy atom. The highest BCUT2D eigenvalue weighted by Crippen LogP contribution is 2.45. The monoisotopic (exact) mass is 825 g/mol. The maximum atomic E-state index is 7.93. The predicted molar refractivity (Wildman–Crippen MR) is 270 cm³/mol. The Bertz CT molecular complexity index is 4000. The van der Waals surface area contributed by atoms with Crippen LogP contribution in [0, 0.1) is 6.57 Å². The molecule has 5 heteroatoms. The molecule has 0 unspecified atom stereocenters. The van der Waals surface area contributed by atoms with Gasteiger partial charge in [-0.15, -0.1) is 0 Å². The van der Waals surface area contributed by atoms with E-state index in [1.165, 1.54) is 10.8 Å². The Hall–Kier alpha value is -8.98. The predicted octanol–water partition coefficient (Wildman–Crippen LogP) is 16.0. The molecule has 0 saturated carbocycles. The van der Waals surface area contributed by atoms with E-state index in [-0.39, 0.29) is 0 Å². The van der Waals surface area contributed by atoms with Crippen molar-refractivity contribution in [2.75, 3.05) is 0 Å². The largest absolute Gasteiger partial charge is 0.309 e. The molecule has 0 aliphatic heterocycles. The summed E-state index contributed by atoms with van der Waals surface area (Å²) >= 11 is 0. The summed E-state index contributed by atoms with van der Waals surface area (Å²) in [6.45, 7) is 7.93. The average Bonchev–Trinajstić information content (AvgIpc) is 3.70. The second-order valence-electron chi connectivity index (χ2n) is 16.7. The molecule has 13 aromatic rings. The van der Waals surface area contributed by atoms with E-state index in [1.807, 2.05) is 12.1 Å². The van der Waals surface area contributed by atoms with Gasteiger partial charge in [-0.05, 0) is 119 Å². The molecule has 0 fully saturated rings. The molecule has 5 nitrogen and oxygen atoms in total. The second kappa shape index (κ2) is 14.6. The quantitative estimate of drug-likeness (QED) is 0.128. The van der Waals surface area contributed by atoms with Crippen molar-refractivity contribution in [2.24, 2.45) is 0 Å². The minimum atomic E-state index is 0.615. The fraction of sp³-hybridized carbons (Fsp3) is 0. The lowest BCUT2D eigenvalue weighted by Crippen LogP contribution is -2.02. The highest BCUT2D eigenvalue weighted by atomic mass is 15.0. The minimum Gasteiger partial charge on any atom is -0.309 e. The topological polar surface area (TPSA) is 48.0 Å². The van der Waals surface area contributed by atoms with Crippen molar-refractivity contribution in [3.05, 3.63) is 224 Å². The van der Waals surface area contributed by atoms with Gasteiger partial charge in [0, 0.05) is 27.8 Å². The number of hydrogen-bond donors (Lipinski definition) is 0. The van der Waals surface area contributed by atoms with Crippen LogP contribution in [0.1, 0.15) is 0 Å². The lowest BCUT2D eigenvalue weighted by molar-refractivity contribution is 1.08. The number of rotatable bonds is 5. The molecule has 0 aliphatic rings. The van der Waals surface area contributed by atoms with Crippen molar-refractivity contribution >= 4 is 81.4 Å². The molecule has 11 aromatic carbocycles. The first-order chi connectivity index (χ1) is 32.1. The van der Waals surface area contributed by atoms with E-state index >= 15 is 0 Å². The van der Waals surface area contributed by atoms with Crippen LogP contribution in [0.3, 0.4) is 0 Å². The molecule has 0 aliphatic carbocycles. The zero-order valence-corrected chi connectivity index (χ0v) is 34.9. The first-order valence-corrected chi connectivity index (χ1v) is 21.8. The van der Waals surface area contributed by atoms with Gasteiger partial charge in [-0.1, -0.05) is 164 Å². The molecule has 0 amide bonds. The van der Waals surface area contributed by atoms with Gasteiger partial charge >= 0.3 is 0 Å². The number of fused-ring (bicyclic) bond motifs is 8. The molecule has 0 radical (unpaired) electrons. The van der Waals surface area contributed by atoms with Crippen LogP contribution in [-0.2, 0) is 0 Å². The molecule has 0 bridgehead atoms. The molecule has 2 heterocycles. The molecule has 13 rings (SSSR count). The van der Waals surface area contributed by atoms with Crippen molar-refractivity contribution in [1.82, 2.24) is 19.5 Å². The third kappa shape index (κ3) is 5.97. The van der Waals surface area contributed by atoms with E-state index < -0.39 is 0 Å². The van der Waals surface area contributed by atoms with E-state index in [1.54, 1.807) is 0 Å². The molecule has 2 aromatic heterocycles. The molecular weight excluding hydrogens is 791 g/mol. The van der Waals surface area contributed by atoms with Crippen molar-refractivity contribution in [2.45, 2.75) is 0 Å². The Labute approximate surface area is 374 Å². The van der Waals surface area contributed by atoms with Crippen LogP contribution in [0.15, 0.2) is 212 Å². The zero-order chi connectivity index (χ0) is 43.0. The van der Waals surface area contributed by atoms with Crippen LogP contribution in [0.2, 0.25) is 0 Å². The highest BCUT2D eigenvalue weighted by Gasteiger charge is 2.22. The van der Waals surface area contributed by atoms with Crippen molar-refractivity contribution in [3.63, 3.8) is 0 Å². The van der Waals surface area contributed by atoms with Crippen molar-refractivity contribution in [3.8, 4) is 51.0 Å². The average molecular weight is 826 g/mol. The summed E-state index contributed by atoms with van der Waals surface area (Å²) in [6, 6.07) is 74.8. The van der Waals surface area contributed by atoms with Gasteiger partial charge in [-0.2, -0.15) is 0 Å². The molecule has 0 saturated heterocycles. The van der Waals surface area contributed by atoms with E-state index in [4.69, 9.17) is 21.5 Å². The van der Waals surface area contributed by atoms with E-state index in [0.717, 1.165) is 98.4 Å². The lowest BCUT2D eigenvalue weighted by atomic mass is 9.87. The number of nitrogens with zero attached hydrogens (tertiary/aromatic N) is 5. The second-order valence-corrected chi connectivity index (χ2v) is 16.7.